The van der Waals surface area contributed by atoms with Crippen molar-refractivity contribution in [2.75, 3.05) is 5.73 Å². The van der Waals surface area contributed by atoms with Gasteiger partial charge in [0.25, 0.3) is 0 Å². The summed E-state index contributed by atoms with van der Waals surface area (Å²) in [6, 6.07) is 4.78. The fourth-order valence-corrected chi connectivity index (χ4v) is 2.29. The number of nitriles is 1. The number of nitrogens with two attached hydrogens (primary N) is 1. The summed E-state index contributed by atoms with van der Waals surface area (Å²) in [7, 11) is 0. The number of pyridine rings is 1. The SMILES string of the molecule is Cl.N#Cc1cc2nc(N)c3c(c2cc1C(=O)O)COC3. The quantitative estimate of drug-likeness (QED) is 0.829. The van der Waals surface area contributed by atoms with Gasteiger partial charge < -0.3 is 15.6 Å². The van der Waals surface area contributed by atoms with Crippen LogP contribution < -0.4 is 5.73 Å². The Hall–Kier alpha value is -2.36. The van der Waals surface area contributed by atoms with E-state index in [0.29, 0.717) is 29.9 Å². The molecule has 0 bridgehead atoms. The zero-order valence-electron chi connectivity index (χ0n) is 10.2. The van der Waals surface area contributed by atoms with E-state index in [2.05, 4.69) is 4.98 Å². The molecule has 0 fully saturated rings. The first-order valence-corrected chi connectivity index (χ1v) is 5.58. The van der Waals surface area contributed by atoms with E-state index in [1.807, 2.05) is 6.07 Å². The molecule has 0 saturated carbocycles. The Labute approximate surface area is 120 Å². The smallest absolute Gasteiger partial charge is 0.337 e. The van der Waals surface area contributed by atoms with Crippen LogP contribution in [0.15, 0.2) is 12.1 Å². The number of nitrogens with zero attached hydrogens (tertiary/aromatic N) is 2. The predicted molar refractivity (Wildman–Crippen MR) is 73.6 cm³/mol. The average Bonchev–Trinajstić information content (AvgIpc) is 2.87. The van der Waals surface area contributed by atoms with Crippen molar-refractivity contribution >= 4 is 35.1 Å². The first-order valence-electron chi connectivity index (χ1n) is 5.58. The van der Waals surface area contributed by atoms with E-state index < -0.39 is 5.97 Å². The molecular formula is C13H10ClN3O3. The van der Waals surface area contributed by atoms with Gasteiger partial charge in [-0.25, -0.2) is 9.78 Å². The maximum Gasteiger partial charge on any atom is 0.337 e. The molecule has 6 nitrogen and oxygen atoms in total. The molecule has 1 aliphatic heterocycles. The van der Waals surface area contributed by atoms with Crippen molar-refractivity contribution in [2.24, 2.45) is 0 Å². The van der Waals surface area contributed by atoms with Gasteiger partial charge >= 0.3 is 5.97 Å². The van der Waals surface area contributed by atoms with Crippen molar-refractivity contribution in [1.29, 1.82) is 5.26 Å². The zero-order chi connectivity index (χ0) is 13.6. The molecule has 1 aliphatic rings. The zero-order valence-corrected chi connectivity index (χ0v) is 11.0. The van der Waals surface area contributed by atoms with Crippen LogP contribution in [-0.4, -0.2) is 16.1 Å². The van der Waals surface area contributed by atoms with E-state index >= 15 is 0 Å². The molecule has 2 aromatic rings. The van der Waals surface area contributed by atoms with Gasteiger partial charge in [0.05, 0.1) is 29.9 Å². The Bertz CT molecular complexity index is 768. The second-order valence-corrected chi connectivity index (χ2v) is 4.28. The van der Waals surface area contributed by atoms with Crippen molar-refractivity contribution in [2.45, 2.75) is 13.2 Å². The van der Waals surface area contributed by atoms with E-state index in [1.54, 1.807) is 0 Å². The minimum absolute atomic E-state index is 0. The summed E-state index contributed by atoms with van der Waals surface area (Å²) in [5.74, 6) is -0.769. The summed E-state index contributed by atoms with van der Waals surface area (Å²) in [4.78, 5) is 15.4. The van der Waals surface area contributed by atoms with E-state index in [-0.39, 0.29) is 23.5 Å². The molecule has 1 aromatic heterocycles. The van der Waals surface area contributed by atoms with Gasteiger partial charge in [-0.15, -0.1) is 12.4 Å². The van der Waals surface area contributed by atoms with Crippen molar-refractivity contribution < 1.29 is 14.6 Å². The molecule has 0 radical (unpaired) electrons. The van der Waals surface area contributed by atoms with Crippen LogP contribution in [0.2, 0.25) is 0 Å². The molecule has 20 heavy (non-hydrogen) atoms. The number of ether oxygens (including phenoxy) is 1. The molecule has 0 unspecified atom stereocenters. The lowest BCUT2D eigenvalue weighted by Gasteiger charge is -2.08. The molecule has 0 saturated heterocycles. The monoisotopic (exact) mass is 291 g/mol. The molecule has 3 N–H and O–H groups in total. The largest absolute Gasteiger partial charge is 0.478 e. The Balaban J connectivity index is 0.00000147. The predicted octanol–water partition coefficient (Wildman–Crippen LogP) is 1.84. The van der Waals surface area contributed by atoms with Crippen LogP contribution >= 0.6 is 12.4 Å². The van der Waals surface area contributed by atoms with Crippen molar-refractivity contribution in [3.63, 3.8) is 0 Å². The van der Waals surface area contributed by atoms with Crippen LogP contribution in [0.3, 0.4) is 0 Å². The van der Waals surface area contributed by atoms with Crippen LogP contribution in [0, 0.1) is 11.3 Å². The summed E-state index contributed by atoms with van der Waals surface area (Å²) in [5.41, 5.74) is 8.05. The molecule has 0 spiro atoms. The second-order valence-electron chi connectivity index (χ2n) is 4.28. The van der Waals surface area contributed by atoms with E-state index in [9.17, 15) is 4.79 Å². The third kappa shape index (κ3) is 1.93. The topological polar surface area (TPSA) is 109 Å². The fraction of sp³-hybridized carbons (Fsp3) is 0.154. The Morgan fingerprint density at radius 3 is 2.75 bits per heavy atom. The number of aromatic nitrogens is 1. The number of carboxylic acids is 1. The summed E-state index contributed by atoms with van der Waals surface area (Å²) in [5, 5.41) is 18.8. The highest BCUT2D eigenvalue weighted by atomic mass is 35.5. The van der Waals surface area contributed by atoms with Crippen LogP contribution in [0.25, 0.3) is 10.9 Å². The molecular weight excluding hydrogens is 282 g/mol. The molecule has 0 amide bonds. The number of nitrogen functional groups attached to an aromatic ring is 1. The minimum Gasteiger partial charge on any atom is -0.478 e. The number of hydrogen-bond donors (Lipinski definition) is 2. The lowest BCUT2D eigenvalue weighted by Crippen LogP contribution is -2.04. The van der Waals surface area contributed by atoms with Gasteiger partial charge in [-0.3, -0.25) is 0 Å². The Kier molecular flexibility index (Phi) is 3.49. The van der Waals surface area contributed by atoms with E-state index in [1.165, 1.54) is 12.1 Å². The first kappa shape index (κ1) is 14.1. The van der Waals surface area contributed by atoms with Crippen LogP contribution in [0.4, 0.5) is 5.82 Å². The van der Waals surface area contributed by atoms with Crippen molar-refractivity contribution in [3.8, 4) is 6.07 Å². The second kappa shape index (κ2) is 4.96. The molecule has 3 rings (SSSR count). The van der Waals surface area contributed by atoms with Gasteiger partial charge in [0.15, 0.2) is 0 Å². The van der Waals surface area contributed by atoms with Gasteiger partial charge in [-0.1, -0.05) is 0 Å². The highest BCUT2D eigenvalue weighted by Crippen LogP contribution is 2.32. The Morgan fingerprint density at radius 2 is 2.10 bits per heavy atom. The first-order chi connectivity index (χ1) is 9.11. The highest BCUT2D eigenvalue weighted by Gasteiger charge is 2.21. The van der Waals surface area contributed by atoms with Crippen molar-refractivity contribution in [3.05, 3.63) is 34.4 Å². The number of benzene rings is 1. The van der Waals surface area contributed by atoms with Gasteiger partial charge in [0.2, 0.25) is 0 Å². The Morgan fingerprint density at radius 1 is 1.40 bits per heavy atom. The average molecular weight is 292 g/mol. The van der Waals surface area contributed by atoms with Crippen molar-refractivity contribution in [1.82, 2.24) is 4.98 Å². The number of aromatic carboxylic acids is 1. The number of rotatable bonds is 1. The maximum absolute atomic E-state index is 11.2. The molecule has 2 heterocycles. The van der Waals surface area contributed by atoms with Gasteiger partial charge in [0, 0.05) is 10.9 Å². The summed E-state index contributed by atoms with van der Waals surface area (Å²) in [6.45, 7) is 0.760. The van der Waals surface area contributed by atoms with Crippen LogP contribution in [-0.2, 0) is 18.0 Å². The molecule has 0 atom stereocenters. The minimum atomic E-state index is -1.14. The lowest BCUT2D eigenvalue weighted by atomic mass is 9.99. The number of carboxylic acid groups (broad SMARTS) is 1. The van der Waals surface area contributed by atoms with E-state index in [0.717, 1.165) is 11.1 Å². The number of carbonyl (C=O) groups is 1. The fourth-order valence-electron chi connectivity index (χ4n) is 2.29. The third-order valence-electron chi connectivity index (χ3n) is 3.22. The molecule has 1 aromatic carbocycles. The summed E-state index contributed by atoms with van der Waals surface area (Å²) in [6.07, 6.45) is 0. The number of fused-ring (bicyclic) bond motifs is 3. The standard InChI is InChI=1S/C13H9N3O3.ClH/c14-3-6-1-11-8(2-7(6)13(17)18)9-4-19-5-10(9)12(15)16-11;/h1-2H,4-5H2,(H2,15,16)(H,17,18);1H. The van der Waals surface area contributed by atoms with Gasteiger partial charge in [-0.05, 0) is 17.7 Å². The number of anilines is 1. The number of hydrogen-bond acceptors (Lipinski definition) is 5. The van der Waals surface area contributed by atoms with Gasteiger partial charge in [-0.2, -0.15) is 5.26 Å². The highest BCUT2D eigenvalue weighted by molar-refractivity contribution is 5.98. The van der Waals surface area contributed by atoms with E-state index in [4.69, 9.17) is 20.8 Å². The van der Waals surface area contributed by atoms with Gasteiger partial charge in [0.1, 0.15) is 11.9 Å². The third-order valence-corrected chi connectivity index (χ3v) is 3.22. The molecule has 0 aliphatic carbocycles. The summed E-state index contributed by atoms with van der Waals surface area (Å²) < 4.78 is 5.33. The van der Waals surface area contributed by atoms with Crippen LogP contribution in [0.5, 0.6) is 0 Å². The normalized spacial score (nSPS) is 12.6. The molecule has 102 valence electrons. The maximum atomic E-state index is 11.2. The number of halogens is 1. The molecule has 7 heteroatoms. The van der Waals surface area contributed by atoms with Crippen LogP contribution in [0.1, 0.15) is 27.0 Å². The lowest BCUT2D eigenvalue weighted by molar-refractivity contribution is 0.0696. The summed E-state index contributed by atoms with van der Waals surface area (Å²) >= 11 is 0.